The third-order valence-corrected chi connectivity index (χ3v) is 5.21. The summed E-state index contributed by atoms with van der Waals surface area (Å²) in [5, 5.41) is 2.74. The number of para-hydroxylation sites is 1. The Morgan fingerprint density at radius 1 is 1.21 bits per heavy atom. The second-order valence-corrected chi connectivity index (χ2v) is 7.17. The monoisotopic (exact) mass is 402 g/mol. The van der Waals surface area contributed by atoms with Gasteiger partial charge in [-0.2, -0.15) is 8.78 Å². The maximum absolute atomic E-state index is 12.6. The molecule has 29 heavy (non-hydrogen) atoms. The standard InChI is InChI=1S/C22H24F2N2O3/c1-3-14(2)18-6-4-5-7-19(18)26-13-15(12-20(26)27)21(28)25-16-8-10-17(11-9-16)29-22(23)24/h4-11,14-15,22H,3,12-13H2,1-2H3,(H,25,28)/t14-,15-/m0/s1. The van der Waals surface area contributed by atoms with Gasteiger partial charge in [0, 0.05) is 24.3 Å². The normalized spacial score (nSPS) is 17.5. The minimum atomic E-state index is -2.90. The fraction of sp³-hybridized carbons (Fsp3) is 0.364. The number of benzene rings is 2. The molecule has 1 saturated heterocycles. The van der Waals surface area contributed by atoms with Gasteiger partial charge >= 0.3 is 6.61 Å². The Bertz CT molecular complexity index is 871. The van der Waals surface area contributed by atoms with Gasteiger partial charge in [0.2, 0.25) is 11.8 Å². The molecule has 1 fully saturated rings. The average Bonchev–Trinajstić information content (AvgIpc) is 3.10. The molecule has 0 saturated carbocycles. The van der Waals surface area contributed by atoms with E-state index in [2.05, 4.69) is 23.9 Å². The van der Waals surface area contributed by atoms with Crippen molar-refractivity contribution in [3.05, 3.63) is 54.1 Å². The van der Waals surface area contributed by atoms with Gasteiger partial charge in [-0.05, 0) is 48.2 Å². The van der Waals surface area contributed by atoms with Crippen LogP contribution < -0.4 is 15.0 Å². The highest BCUT2D eigenvalue weighted by molar-refractivity contribution is 6.03. The summed E-state index contributed by atoms with van der Waals surface area (Å²) in [6.45, 7) is 1.63. The zero-order valence-electron chi connectivity index (χ0n) is 16.4. The number of hydrogen-bond acceptors (Lipinski definition) is 3. The molecule has 2 aromatic carbocycles. The second-order valence-electron chi connectivity index (χ2n) is 7.17. The molecule has 154 valence electrons. The predicted molar refractivity (Wildman–Crippen MR) is 107 cm³/mol. The quantitative estimate of drug-likeness (QED) is 0.724. The van der Waals surface area contributed by atoms with Crippen LogP contribution in [0.3, 0.4) is 0 Å². The van der Waals surface area contributed by atoms with Crippen molar-refractivity contribution in [3.8, 4) is 5.75 Å². The third-order valence-electron chi connectivity index (χ3n) is 5.21. The van der Waals surface area contributed by atoms with Gasteiger partial charge in [0.25, 0.3) is 0 Å². The summed E-state index contributed by atoms with van der Waals surface area (Å²) >= 11 is 0. The van der Waals surface area contributed by atoms with Crippen LogP contribution >= 0.6 is 0 Å². The highest BCUT2D eigenvalue weighted by Gasteiger charge is 2.36. The Morgan fingerprint density at radius 3 is 2.55 bits per heavy atom. The maximum atomic E-state index is 12.6. The Kier molecular flexibility index (Phi) is 6.46. The molecule has 2 atom stereocenters. The number of nitrogens with zero attached hydrogens (tertiary/aromatic N) is 1. The van der Waals surface area contributed by atoms with E-state index < -0.39 is 12.5 Å². The first-order chi connectivity index (χ1) is 13.9. The van der Waals surface area contributed by atoms with Crippen LogP contribution in [0.2, 0.25) is 0 Å². The van der Waals surface area contributed by atoms with Crippen molar-refractivity contribution in [1.82, 2.24) is 0 Å². The van der Waals surface area contributed by atoms with Crippen molar-refractivity contribution >= 4 is 23.2 Å². The number of carbonyl (C=O) groups excluding carboxylic acids is 2. The molecule has 2 amide bonds. The molecule has 1 N–H and O–H groups in total. The first-order valence-corrected chi connectivity index (χ1v) is 9.64. The molecule has 0 aliphatic carbocycles. The van der Waals surface area contributed by atoms with Gasteiger partial charge in [0.05, 0.1) is 5.92 Å². The van der Waals surface area contributed by atoms with Crippen molar-refractivity contribution in [1.29, 1.82) is 0 Å². The minimum Gasteiger partial charge on any atom is -0.435 e. The number of nitrogens with one attached hydrogen (secondary N) is 1. The van der Waals surface area contributed by atoms with Crippen LogP contribution in [0.5, 0.6) is 5.75 Å². The van der Waals surface area contributed by atoms with Crippen LogP contribution in [0.4, 0.5) is 20.2 Å². The maximum Gasteiger partial charge on any atom is 0.387 e. The average molecular weight is 402 g/mol. The van der Waals surface area contributed by atoms with Crippen LogP contribution in [0.1, 0.15) is 38.2 Å². The lowest BCUT2D eigenvalue weighted by molar-refractivity contribution is -0.122. The fourth-order valence-corrected chi connectivity index (χ4v) is 3.45. The van der Waals surface area contributed by atoms with Crippen molar-refractivity contribution in [2.75, 3.05) is 16.8 Å². The van der Waals surface area contributed by atoms with Crippen LogP contribution in [-0.2, 0) is 9.59 Å². The zero-order chi connectivity index (χ0) is 21.0. The molecule has 5 nitrogen and oxygen atoms in total. The first-order valence-electron chi connectivity index (χ1n) is 9.64. The van der Waals surface area contributed by atoms with Gasteiger partial charge in [0.15, 0.2) is 0 Å². The SMILES string of the molecule is CC[C@H](C)c1ccccc1N1C[C@@H](C(=O)Nc2ccc(OC(F)F)cc2)CC1=O. The van der Waals surface area contributed by atoms with E-state index in [1.165, 1.54) is 24.3 Å². The Hall–Kier alpha value is -2.96. The van der Waals surface area contributed by atoms with E-state index in [0.29, 0.717) is 18.2 Å². The number of anilines is 2. The topological polar surface area (TPSA) is 58.6 Å². The van der Waals surface area contributed by atoms with E-state index in [1.54, 1.807) is 4.90 Å². The van der Waals surface area contributed by atoms with Crippen LogP contribution in [0.25, 0.3) is 0 Å². The zero-order valence-corrected chi connectivity index (χ0v) is 16.4. The molecule has 1 aliphatic heterocycles. The summed E-state index contributed by atoms with van der Waals surface area (Å²) in [4.78, 5) is 26.9. The summed E-state index contributed by atoms with van der Waals surface area (Å²) in [5.74, 6) is -0.516. The number of hydrogen-bond donors (Lipinski definition) is 1. The lowest BCUT2D eigenvalue weighted by Gasteiger charge is -2.23. The molecule has 3 rings (SSSR count). The number of halogens is 2. The first kappa shape index (κ1) is 20.8. The number of amides is 2. The number of rotatable bonds is 7. The number of carbonyl (C=O) groups is 2. The minimum absolute atomic E-state index is 0.0156. The highest BCUT2D eigenvalue weighted by Crippen LogP contribution is 2.33. The Morgan fingerprint density at radius 2 is 1.90 bits per heavy atom. The fourth-order valence-electron chi connectivity index (χ4n) is 3.45. The van der Waals surface area contributed by atoms with E-state index >= 15 is 0 Å². The molecular weight excluding hydrogens is 378 g/mol. The molecule has 1 heterocycles. The van der Waals surface area contributed by atoms with E-state index in [0.717, 1.165) is 17.7 Å². The predicted octanol–water partition coefficient (Wildman–Crippen LogP) is 4.79. The molecule has 0 bridgehead atoms. The van der Waals surface area contributed by atoms with E-state index in [1.807, 2.05) is 24.3 Å². The molecule has 1 aliphatic rings. The lowest BCUT2D eigenvalue weighted by atomic mass is 9.96. The Labute approximate surface area is 168 Å². The van der Waals surface area contributed by atoms with E-state index in [-0.39, 0.29) is 24.0 Å². The number of ether oxygens (including phenoxy) is 1. The molecule has 0 spiro atoms. The van der Waals surface area contributed by atoms with Gasteiger partial charge in [-0.25, -0.2) is 0 Å². The smallest absolute Gasteiger partial charge is 0.387 e. The second kappa shape index (κ2) is 9.03. The van der Waals surface area contributed by atoms with Crippen molar-refractivity contribution in [3.63, 3.8) is 0 Å². The highest BCUT2D eigenvalue weighted by atomic mass is 19.3. The van der Waals surface area contributed by atoms with Gasteiger partial charge < -0.3 is 15.0 Å². The van der Waals surface area contributed by atoms with Gasteiger partial charge in [-0.1, -0.05) is 32.0 Å². The van der Waals surface area contributed by atoms with Crippen molar-refractivity contribution in [2.45, 2.75) is 39.2 Å². The lowest BCUT2D eigenvalue weighted by Crippen LogP contribution is -2.29. The molecule has 0 unspecified atom stereocenters. The van der Waals surface area contributed by atoms with Gasteiger partial charge in [-0.3, -0.25) is 9.59 Å². The van der Waals surface area contributed by atoms with Crippen LogP contribution in [0, 0.1) is 5.92 Å². The van der Waals surface area contributed by atoms with E-state index in [4.69, 9.17) is 0 Å². The summed E-state index contributed by atoms with van der Waals surface area (Å²) in [6.07, 6.45) is 1.08. The summed E-state index contributed by atoms with van der Waals surface area (Å²) < 4.78 is 28.7. The van der Waals surface area contributed by atoms with E-state index in [9.17, 15) is 18.4 Å². The summed E-state index contributed by atoms with van der Waals surface area (Å²) in [7, 11) is 0. The molecular formula is C22H24F2N2O3. The molecule has 0 aromatic heterocycles. The van der Waals surface area contributed by atoms with Crippen LogP contribution in [-0.4, -0.2) is 25.0 Å². The van der Waals surface area contributed by atoms with Crippen molar-refractivity contribution in [2.24, 2.45) is 5.92 Å². The molecule has 2 aromatic rings. The summed E-state index contributed by atoms with van der Waals surface area (Å²) in [5.41, 5.74) is 2.41. The van der Waals surface area contributed by atoms with Gasteiger partial charge in [0.1, 0.15) is 5.75 Å². The number of alkyl halides is 2. The Balaban J connectivity index is 1.68. The summed E-state index contributed by atoms with van der Waals surface area (Å²) in [6, 6.07) is 13.5. The molecule has 0 radical (unpaired) electrons. The molecule has 7 heteroatoms. The van der Waals surface area contributed by atoms with Crippen LogP contribution in [0.15, 0.2) is 48.5 Å². The largest absolute Gasteiger partial charge is 0.435 e. The van der Waals surface area contributed by atoms with Gasteiger partial charge in [-0.15, -0.1) is 0 Å². The third kappa shape index (κ3) is 4.91. The van der Waals surface area contributed by atoms with Crippen molar-refractivity contribution < 1.29 is 23.1 Å².